The zero-order chi connectivity index (χ0) is 7.98. The molecule has 0 spiro atoms. The number of hydrogen-bond acceptors (Lipinski definition) is 1. The topological polar surface area (TPSA) is 29.1 Å². The van der Waals surface area contributed by atoms with Gasteiger partial charge in [0.25, 0.3) is 0 Å². The molecule has 1 N–H and O–H groups in total. The molecular formula is C7H16NOS+. The van der Waals surface area contributed by atoms with E-state index in [1.807, 2.05) is 13.8 Å². The number of rotatable bonds is 4. The van der Waals surface area contributed by atoms with E-state index in [1.165, 1.54) is 0 Å². The van der Waals surface area contributed by atoms with Crippen LogP contribution in [0, 0.1) is 5.92 Å². The molecule has 0 aliphatic rings. The van der Waals surface area contributed by atoms with Crippen LogP contribution in [0.25, 0.3) is 0 Å². The summed E-state index contributed by atoms with van der Waals surface area (Å²) in [7, 11) is 0. The van der Waals surface area contributed by atoms with Gasteiger partial charge >= 0.3 is 0 Å². The lowest BCUT2D eigenvalue weighted by Gasteiger charge is -2.03. The van der Waals surface area contributed by atoms with Crippen LogP contribution in [-0.4, -0.2) is 18.2 Å². The van der Waals surface area contributed by atoms with Crippen LogP contribution in [0.3, 0.4) is 0 Å². The summed E-state index contributed by atoms with van der Waals surface area (Å²) in [6.07, 6.45) is 0.631. The van der Waals surface area contributed by atoms with Gasteiger partial charge in [-0.3, -0.25) is 4.79 Å². The Morgan fingerprint density at radius 1 is 1.60 bits per heavy atom. The second kappa shape index (κ2) is 5.59. The number of hydrogen-bond donors (Lipinski definition) is 1. The van der Waals surface area contributed by atoms with Crippen molar-refractivity contribution in [3.8, 4) is 0 Å². The van der Waals surface area contributed by atoms with Crippen molar-refractivity contribution in [1.82, 2.24) is 5.32 Å². The standard InChI is InChI=1S/C7H15NOS/c1-6(2)5-7(9)8-3-4-10/h6,10H,3-5H2,1-2H3,(H,8,9)/p+1. The van der Waals surface area contributed by atoms with Gasteiger partial charge in [0.2, 0.25) is 5.91 Å². The highest BCUT2D eigenvalue weighted by Crippen LogP contribution is 1.97. The van der Waals surface area contributed by atoms with Crippen LogP contribution in [0.15, 0.2) is 0 Å². The number of carbonyl (C=O) groups is 1. The molecule has 10 heavy (non-hydrogen) atoms. The molecule has 0 heterocycles. The molecule has 0 aromatic carbocycles. The molecule has 0 fully saturated rings. The fourth-order valence-corrected chi connectivity index (χ4v) is 0.770. The molecule has 2 nitrogen and oxygen atoms in total. The van der Waals surface area contributed by atoms with Gasteiger partial charge in [0.1, 0.15) is 5.75 Å². The number of carbonyl (C=O) groups excluding carboxylic acids is 1. The molecule has 0 aliphatic heterocycles. The Balaban J connectivity index is 3.26. The Bertz CT molecular complexity index is 104. The van der Waals surface area contributed by atoms with Crippen molar-refractivity contribution in [2.45, 2.75) is 20.3 Å². The summed E-state index contributed by atoms with van der Waals surface area (Å²) in [6.45, 7) is 4.79. The molecular weight excluding hydrogens is 146 g/mol. The maximum Gasteiger partial charge on any atom is 0.220 e. The number of nitrogens with one attached hydrogen (secondary N) is 1. The fraction of sp³-hybridized carbons (Fsp3) is 0.857. The monoisotopic (exact) mass is 162 g/mol. The van der Waals surface area contributed by atoms with Crippen LogP contribution in [-0.2, 0) is 17.4 Å². The summed E-state index contributed by atoms with van der Waals surface area (Å²) in [6, 6.07) is 0. The zero-order valence-electron chi connectivity index (χ0n) is 6.61. The van der Waals surface area contributed by atoms with E-state index in [9.17, 15) is 4.79 Å². The summed E-state index contributed by atoms with van der Waals surface area (Å²) in [5.74, 6) is 1.42. The van der Waals surface area contributed by atoms with Crippen molar-refractivity contribution in [2.24, 2.45) is 5.92 Å². The predicted octanol–water partition coefficient (Wildman–Crippen LogP) is 0.160. The van der Waals surface area contributed by atoms with Crippen molar-refractivity contribution in [3.05, 3.63) is 0 Å². The lowest BCUT2D eigenvalue weighted by atomic mass is 10.1. The molecule has 60 valence electrons. The molecule has 0 aromatic rings. The summed E-state index contributed by atoms with van der Waals surface area (Å²) >= 11 is 3.27. The third-order valence-electron chi connectivity index (χ3n) is 1.04. The third kappa shape index (κ3) is 5.95. The lowest BCUT2D eigenvalue weighted by molar-refractivity contribution is -0.121. The maximum atomic E-state index is 10.9. The minimum absolute atomic E-state index is 0.147. The highest BCUT2D eigenvalue weighted by atomic mass is 32.1. The van der Waals surface area contributed by atoms with Crippen molar-refractivity contribution in [3.63, 3.8) is 0 Å². The van der Waals surface area contributed by atoms with Gasteiger partial charge in [-0.15, -0.1) is 0 Å². The zero-order valence-corrected chi connectivity index (χ0v) is 7.61. The molecule has 0 bridgehead atoms. The minimum atomic E-state index is 0.147. The van der Waals surface area contributed by atoms with Gasteiger partial charge in [0.05, 0.1) is 6.54 Å². The van der Waals surface area contributed by atoms with Gasteiger partial charge in [0, 0.05) is 6.42 Å². The van der Waals surface area contributed by atoms with Crippen LogP contribution >= 0.6 is 0 Å². The molecule has 0 rings (SSSR count). The van der Waals surface area contributed by atoms with E-state index in [1.54, 1.807) is 0 Å². The first-order valence-corrected chi connectivity index (χ1v) is 4.28. The smallest absolute Gasteiger partial charge is 0.220 e. The minimum Gasteiger partial charge on any atom is -0.351 e. The van der Waals surface area contributed by atoms with E-state index in [0.29, 0.717) is 12.3 Å². The van der Waals surface area contributed by atoms with Crippen molar-refractivity contribution in [2.75, 3.05) is 12.3 Å². The SMILES string of the molecule is CC(C)CC(=O)NCC[SH2+]. The molecule has 0 atom stereocenters. The van der Waals surface area contributed by atoms with Crippen LogP contribution < -0.4 is 5.32 Å². The van der Waals surface area contributed by atoms with Crippen molar-refractivity contribution < 1.29 is 4.79 Å². The second-order valence-electron chi connectivity index (χ2n) is 2.70. The molecule has 1 amide bonds. The van der Waals surface area contributed by atoms with Gasteiger partial charge in [-0.2, -0.15) is 0 Å². The first kappa shape index (κ1) is 9.82. The first-order valence-electron chi connectivity index (χ1n) is 3.58. The first-order chi connectivity index (χ1) is 4.66. The Morgan fingerprint density at radius 2 is 2.20 bits per heavy atom. The van der Waals surface area contributed by atoms with E-state index in [4.69, 9.17) is 0 Å². The quantitative estimate of drug-likeness (QED) is 0.586. The summed E-state index contributed by atoms with van der Waals surface area (Å²) in [5.41, 5.74) is 0. The van der Waals surface area contributed by atoms with E-state index >= 15 is 0 Å². The highest BCUT2D eigenvalue weighted by molar-refractivity contribution is 7.58. The third-order valence-corrected chi connectivity index (χ3v) is 1.29. The maximum absolute atomic E-state index is 10.9. The Labute approximate surface area is 67.8 Å². The normalized spacial score (nSPS) is 10.0. The van der Waals surface area contributed by atoms with Crippen molar-refractivity contribution >= 4 is 18.5 Å². The number of amides is 1. The van der Waals surface area contributed by atoms with E-state index in [-0.39, 0.29) is 5.91 Å². The highest BCUT2D eigenvalue weighted by Gasteiger charge is 2.02. The van der Waals surface area contributed by atoms with Crippen LogP contribution in [0.5, 0.6) is 0 Å². The Morgan fingerprint density at radius 3 is 2.60 bits per heavy atom. The predicted molar refractivity (Wildman–Crippen MR) is 47.5 cm³/mol. The molecule has 0 radical (unpaired) electrons. The molecule has 0 unspecified atom stereocenters. The Hall–Kier alpha value is -0.180. The summed E-state index contributed by atoms with van der Waals surface area (Å²) < 4.78 is 0. The summed E-state index contributed by atoms with van der Waals surface area (Å²) in [5, 5.41) is 2.78. The van der Waals surface area contributed by atoms with E-state index in [0.717, 1.165) is 12.3 Å². The Kier molecular flexibility index (Phi) is 5.49. The lowest BCUT2D eigenvalue weighted by Crippen LogP contribution is -2.26. The van der Waals surface area contributed by atoms with Gasteiger partial charge < -0.3 is 5.32 Å². The van der Waals surface area contributed by atoms with Gasteiger partial charge in [-0.25, -0.2) is 0 Å². The average molecular weight is 162 g/mol. The van der Waals surface area contributed by atoms with Crippen molar-refractivity contribution in [1.29, 1.82) is 0 Å². The molecule has 3 heteroatoms. The molecule has 0 aliphatic carbocycles. The fourth-order valence-electron chi connectivity index (χ4n) is 0.645. The largest absolute Gasteiger partial charge is 0.351 e. The van der Waals surface area contributed by atoms with Gasteiger partial charge in [-0.05, 0) is 18.5 Å². The van der Waals surface area contributed by atoms with Crippen LogP contribution in [0.4, 0.5) is 0 Å². The summed E-state index contributed by atoms with van der Waals surface area (Å²) in [4.78, 5) is 10.9. The average Bonchev–Trinajstić information content (AvgIpc) is 1.82. The van der Waals surface area contributed by atoms with E-state index < -0.39 is 0 Å². The molecule has 0 saturated heterocycles. The molecule has 0 saturated carbocycles. The van der Waals surface area contributed by atoms with Crippen LogP contribution in [0.1, 0.15) is 20.3 Å². The molecule has 0 aromatic heterocycles. The van der Waals surface area contributed by atoms with Crippen LogP contribution in [0.2, 0.25) is 0 Å². The van der Waals surface area contributed by atoms with Gasteiger partial charge in [-0.1, -0.05) is 13.8 Å². The van der Waals surface area contributed by atoms with Gasteiger partial charge in [0.15, 0.2) is 0 Å². The second-order valence-corrected chi connectivity index (χ2v) is 3.20. The van der Waals surface area contributed by atoms with E-state index in [2.05, 4.69) is 17.9 Å².